The van der Waals surface area contributed by atoms with Gasteiger partial charge in [0.15, 0.2) is 0 Å². The highest BCUT2D eigenvalue weighted by atomic mass is 32.1. The summed E-state index contributed by atoms with van der Waals surface area (Å²) < 4.78 is 5.49. The molecule has 0 aliphatic carbocycles. The number of thiazole rings is 1. The van der Waals surface area contributed by atoms with Gasteiger partial charge in [-0.1, -0.05) is 0 Å². The molecule has 0 atom stereocenters. The number of aromatic nitrogens is 3. The lowest BCUT2D eigenvalue weighted by atomic mass is 10.5. The van der Waals surface area contributed by atoms with E-state index in [1.807, 2.05) is 25.4 Å². The van der Waals surface area contributed by atoms with Crippen molar-refractivity contribution in [1.29, 1.82) is 0 Å². The van der Waals surface area contributed by atoms with Crippen LogP contribution in [0.15, 0.2) is 11.4 Å². The molecule has 0 saturated carbocycles. The zero-order chi connectivity index (χ0) is 11.4. The van der Waals surface area contributed by atoms with Gasteiger partial charge in [-0.15, -0.1) is 16.4 Å². The summed E-state index contributed by atoms with van der Waals surface area (Å²) in [5.74, 6) is 0.612. The van der Waals surface area contributed by atoms with Crippen LogP contribution in [0.5, 0.6) is 5.88 Å². The van der Waals surface area contributed by atoms with Crippen LogP contribution in [-0.2, 0) is 13.2 Å². The van der Waals surface area contributed by atoms with Crippen LogP contribution >= 0.6 is 11.3 Å². The third kappa shape index (κ3) is 2.80. The topological polar surface area (TPSA) is 62.8 Å². The second kappa shape index (κ2) is 5.09. The number of H-pyrrole nitrogens is 1. The van der Waals surface area contributed by atoms with Gasteiger partial charge in [0.25, 0.3) is 0 Å². The molecule has 0 radical (unpaired) electrons. The van der Waals surface area contributed by atoms with E-state index >= 15 is 0 Å². The van der Waals surface area contributed by atoms with E-state index in [9.17, 15) is 0 Å². The third-order valence-electron chi connectivity index (χ3n) is 1.98. The van der Waals surface area contributed by atoms with E-state index in [4.69, 9.17) is 4.74 Å². The Morgan fingerprint density at radius 2 is 2.44 bits per heavy atom. The Morgan fingerprint density at radius 3 is 3.12 bits per heavy atom. The minimum Gasteiger partial charge on any atom is -0.470 e. The van der Waals surface area contributed by atoms with Gasteiger partial charge >= 0.3 is 0 Å². The molecule has 0 unspecified atom stereocenters. The van der Waals surface area contributed by atoms with Crippen molar-refractivity contribution in [2.45, 2.75) is 20.1 Å². The number of aromatic amines is 1. The van der Waals surface area contributed by atoms with Gasteiger partial charge in [-0.2, -0.15) is 0 Å². The maximum Gasteiger partial charge on any atom is 0.233 e. The van der Waals surface area contributed by atoms with Gasteiger partial charge in [-0.05, 0) is 14.0 Å². The number of ether oxygens (including phenoxy) is 1. The highest BCUT2D eigenvalue weighted by molar-refractivity contribution is 7.09. The molecular weight excluding hydrogens is 224 g/mol. The molecule has 86 valence electrons. The van der Waals surface area contributed by atoms with Crippen molar-refractivity contribution in [3.8, 4) is 5.88 Å². The number of nitrogens with one attached hydrogen (secondary N) is 2. The molecular formula is C10H14N4OS. The van der Waals surface area contributed by atoms with Gasteiger partial charge in [0, 0.05) is 23.7 Å². The SMILES string of the molecule is CNCc1nc(COc2cc(C)[nH]n2)cs1. The summed E-state index contributed by atoms with van der Waals surface area (Å²) in [6, 6.07) is 1.86. The molecule has 2 aromatic heterocycles. The minimum absolute atomic E-state index is 0.463. The molecule has 0 fully saturated rings. The normalized spacial score (nSPS) is 10.6. The number of rotatable bonds is 5. The number of aryl methyl sites for hydroxylation is 1. The van der Waals surface area contributed by atoms with E-state index < -0.39 is 0 Å². The van der Waals surface area contributed by atoms with Crippen LogP contribution in [0, 0.1) is 6.92 Å². The number of hydrogen-bond acceptors (Lipinski definition) is 5. The van der Waals surface area contributed by atoms with E-state index in [1.54, 1.807) is 11.3 Å². The van der Waals surface area contributed by atoms with Crippen LogP contribution < -0.4 is 10.1 Å². The lowest BCUT2D eigenvalue weighted by Crippen LogP contribution is -2.05. The molecule has 2 N–H and O–H groups in total. The second-order valence-corrected chi connectivity index (χ2v) is 4.38. The Kier molecular flexibility index (Phi) is 3.53. The summed E-state index contributed by atoms with van der Waals surface area (Å²) in [5.41, 5.74) is 1.93. The maximum atomic E-state index is 5.49. The molecule has 0 bridgehead atoms. The first-order valence-corrected chi connectivity index (χ1v) is 5.88. The van der Waals surface area contributed by atoms with Gasteiger partial charge in [0.2, 0.25) is 5.88 Å². The minimum atomic E-state index is 0.463. The predicted molar refractivity (Wildman–Crippen MR) is 62.5 cm³/mol. The molecule has 0 aliphatic heterocycles. The van der Waals surface area contributed by atoms with Crippen molar-refractivity contribution in [2.75, 3.05) is 7.05 Å². The summed E-state index contributed by atoms with van der Waals surface area (Å²) >= 11 is 1.63. The molecule has 0 aromatic carbocycles. The summed E-state index contributed by atoms with van der Waals surface area (Å²) in [4.78, 5) is 4.41. The lowest BCUT2D eigenvalue weighted by molar-refractivity contribution is 0.289. The van der Waals surface area contributed by atoms with Crippen LogP contribution in [0.25, 0.3) is 0 Å². The van der Waals surface area contributed by atoms with Gasteiger partial charge in [0.1, 0.15) is 11.6 Å². The van der Waals surface area contributed by atoms with Gasteiger partial charge in [-0.3, -0.25) is 5.10 Å². The summed E-state index contributed by atoms with van der Waals surface area (Å²) in [5, 5.41) is 13.0. The smallest absolute Gasteiger partial charge is 0.233 e. The fraction of sp³-hybridized carbons (Fsp3) is 0.400. The largest absolute Gasteiger partial charge is 0.470 e. The lowest BCUT2D eigenvalue weighted by Gasteiger charge is -1.98. The van der Waals surface area contributed by atoms with Gasteiger partial charge < -0.3 is 10.1 Å². The zero-order valence-corrected chi connectivity index (χ0v) is 10.1. The Hall–Kier alpha value is -1.40. The van der Waals surface area contributed by atoms with E-state index in [1.165, 1.54) is 0 Å². The summed E-state index contributed by atoms with van der Waals surface area (Å²) in [7, 11) is 1.91. The van der Waals surface area contributed by atoms with Crippen molar-refractivity contribution >= 4 is 11.3 Å². The fourth-order valence-corrected chi connectivity index (χ4v) is 2.05. The Labute approximate surface area is 97.9 Å². The number of hydrogen-bond donors (Lipinski definition) is 2. The maximum absolute atomic E-state index is 5.49. The molecule has 16 heavy (non-hydrogen) atoms. The first kappa shape index (κ1) is 11.1. The molecule has 5 nitrogen and oxygen atoms in total. The molecule has 0 aliphatic rings. The van der Waals surface area contributed by atoms with Crippen molar-refractivity contribution in [3.63, 3.8) is 0 Å². The molecule has 2 rings (SSSR count). The van der Waals surface area contributed by atoms with Crippen LogP contribution in [0.2, 0.25) is 0 Å². The predicted octanol–water partition coefficient (Wildman–Crippen LogP) is 1.47. The van der Waals surface area contributed by atoms with E-state index in [0.717, 1.165) is 22.9 Å². The Bertz CT molecular complexity index is 451. The summed E-state index contributed by atoms with van der Waals surface area (Å²) in [6.07, 6.45) is 0. The third-order valence-corrected chi connectivity index (χ3v) is 2.88. The highest BCUT2D eigenvalue weighted by Gasteiger charge is 2.03. The molecule has 6 heteroatoms. The van der Waals surface area contributed by atoms with Crippen LogP contribution in [0.3, 0.4) is 0 Å². The van der Waals surface area contributed by atoms with Crippen molar-refractivity contribution in [3.05, 3.63) is 27.8 Å². The molecule has 0 amide bonds. The van der Waals surface area contributed by atoms with Crippen molar-refractivity contribution in [1.82, 2.24) is 20.5 Å². The first-order valence-electron chi connectivity index (χ1n) is 5.00. The molecule has 2 heterocycles. The standard InChI is InChI=1S/C10H14N4OS/c1-7-3-9(14-13-7)15-5-8-6-16-10(12-8)4-11-2/h3,6,11H,4-5H2,1-2H3,(H,13,14). The van der Waals surface area contributed by atoms with Gasteiger partial charge in [-0.25, -0.2) is 4.98 Å². The van der Waals surface area contributed by atoms with E-state index in [2.05, 4.69) is 20.5 Å². The fourth-order valence-electron chi connectivity index (χ4n) is 1.26. The Balaban J connectivity index is 1.89. The molecule has 0 saturated heterocycles. The van der Waals surface area contributed by atoms with E-state index in [-0.39, 0.29) is 0 Å². The first-order chi connectivity index (χ1) is 7.78. The average Bonchev–Trinajstić information content (AvgIpc) is 2.85. The Morgan fingerprint density at radius 1 is 1.56 bits per heavy atom. The van der Waals surface area contributed by atoms with E-state index in [0.29, 0.717) is 12.5 Å². The summed E-state index contributed by atoms with van der Waals surface area (Å²) in [6.45, 7) is 3.20. The number of nitrogens with zero attached hydrogens (tertiary/aromatic N) is 2. The zero-order valence-electron chi connectivity index (χ0n) is 9.28. The van der Waals surface area contributed by atoms with Crippen molar-refractivity contribution < 1.29 is 4.74 Å². The van der Waals surface area contributed by atoms with Crippen LogP contribution in [0.1, 0.15) is 16.4 Å². The quantitative estimate of drug-likeness (QED) is 0.828. The van der Waals surface area contributed by atoms with Crippen LogP contribution in [0.4, 0.5) is 0 Å². The average molecular weight is 238 g/mol. The van der Waals surface area contributed by atoms with Crippen LogP contribution in [-0.4, -0.2) is 22.2 Å². The van der Waals surface area contributed by atoms with Gasteiger partial charge in [0.05, 0.1) is 5.69 Å². The highest BCUT2D eigenvalue weighted by Crippen LogP contribution is 2.13. The molecule has 0 spiro atoms. The molecule has 2 aromatic rings. The van der Waals surface area contributed by atoms with Crippen molar-refractivity contribution in [2.24, 2.45) is 0 Å². The monoisotopic (exact) mass is 238 g/mol. The second-order valence-electron chi connectivity index (χ2n) is 3.44.